The number of benzene rings is 2. The van der Waals surface area contributed by atoms with Gasteiger partial charge in [0.25, 0.3) is 5.56 Å². The molecule has 4 nitrogen and oxygen atoms in total. The summed E-state index contributed by atoms with van der Waals surface area (Å²) in [5.74, 6) is 0.694. The van der Waals surface area contributed by atoms with E-state index in [1.165, 1.54) is 5.56 Å². The van der Waals surface area contributed by atoms with Crippen LogP contribution in [-0.2, 0) is 25.8 Å². The van der Waals surface area contributed by atoms with Crippen molar-refractivity contribution in [3.8, 4) is 17.1 Å². The molecule has 1 aromatic heterocycles. The van der Waals surface area contributed by atoms with E-state index in [2.05, 4.69) is 19.1 Å². The van der Waals surface area contributed by atoms with Crippen LogP contribution in [0, 0.1) is 0 Å². The number of nitrogens with zero attached hydrogens (tertiary/aromatic N) is 2. The van der Waals surface area contributed by atoms with E-state index in [-0.39, 0.29) is 11.3 Å². The Balaban J connectivity index is 2.13. The fraction of sp³-hybridized carbons (Fsp3) is 0.304. The predicted octanol–water partition coefficient (Wildman–Crippen LogP) is 4.37. The smallest absolute Gasteiger partial charge is 0.257 e. The Hall–Kier alpha value is -2.88. The van der Waals surface area contributed by atoms with E-state index in [0.717, 1.165) is 30.5 Å². The van der Waals surface area contributed by atoms with Crippen molar-refractivity contribution >= 4 is 0 Å². The van der Waals surface area contributed by atoms with Gasteiger partial charge in [0.2, 0.25) is 0 Å². The third-order valence-corrected chi connectivity index (χ3v) is 4.80. The minimum absolute atomic E-state index is 0.00475. The summed E-state index contributed by atoms with van der Waals surface area (Å²) in [6.07, 6.45) is 3.08. The van der Waals surface area contributed by atoms with E-state index in [4.69, 9.17) is 4.98 Å². The van der Waals surface area contributed by atoms with E-state index in [9.17, 15) is 9.90 Å². The van der Waals surface area contributed by atoms with Crippen LogP contribution in [0.15, 0.2) is 59.4 Å². The molecule has 0 aliphatic rings. The number of rotatable bonds is 7. The van der Waals surface area contributed by atoms with Crippen LogP contribution in [0.2, 0.25) is 0 Å². The van der Waals surface area contributed by atoms with Crippen molar-refractivity contribution < 1.29 is 5.11 Å². The maximum atomic E-state index is 13.3. The molecule has 0 aliphatic carbocycles. The van der Waals surface area contributed by atoms with Crippen LogP contribution in [0.25, 0.3) is 11.4 Å². The molecule has 0 saturated carbocycles. The first kappa shape index (κ1) is 18.9. The van der Waals surface area contributed by atoms with E-state index in [1.54, 1.807) is 16.7 Å². The Labute approximate surface area is 160 Å². The lowest BCUT2D eigenvalue weighted by Gasteiger charge is -2.17. The normalized spacial score (nSPS) is 10.9. The van der Waals surface area contributed by atoms with Gasteiger partial charge in [-0.1, -0.05) is 62.7 Å². The second kappa shape index (κ2) is 8.67. The summed E-state index contributed by atoms with van der Waals surface area (Å²) in [5.41, 5.74) is 3.40. The maximum absolute atomic E-state index is 13.3. The molecule has 2 aromatic carbocycles. The van der Waals surface area contributed by atoms with Crippen LogP contribution >= 0.6 is 0 Å². The topological polar surface area (TPSA) is 55.1 Å². The van der Waals surface area contributed by atoms with Gasteiger partial charge in [-0.15, -0.1) is 0 Å². The molecule has 1 N–H and O–H groups in total. The van der Waals surface area contributed by atoms with Crippen LogP contribution in [0.5, 0.6) is 5.75 Å². The van der Waals surface area contributed by atoms with E-state index < -0.39 is 0 Å². The van der Waals surface area contributed by atoms with Crippen LogP contribution in [-0.4, -0.2) is 14.7 Å². The average molecular weight is 362 g/mol. The molecule has 27 heavy (non-hydrogen) atoms. The van der Waals surface area contributed by atoms with E-state index >= 15 is 0 Å². The molecule has 1 heterocycles. The van der Waals surface area contributed by atoms with Gasteiger partial charge < -0.3 is 5.11 Å². The highest BCUT2D eigenvalue weighted by Crippen LogP contribution is 2.27. The van der Waals surface area contributed by atoms with Crippen molar-refractivity contribution in [3.63, 3.8) is 0 Å². The Morgan fingerprint density at radius 3 is 2.33 bits per heavy atom. The number of aromatic nitrogens is 2. The maximum Gasteiger partial charge on any atom is 0.257 e. The van der Waals surface area contributed by atoms with Crippen LogP contribution in [0.3, 0.4) is 0 Å². The molecule has 0 amide bonds. The van der Waals surface area contributed by atoms with Gasteiger partial charge in [-0.05, 0) is 37.0 Å². The van der Waals surface area contributed by atoms with Crippen molar-refractivity contribution in [2.75, 3.05) is 0 Å². The second-order valence-electron chi connectivity index (χ2n) is 6.67. The van der Waals surface area contributed by atoms with E-state index in [0.29, 0.717) is 24.4 Å². The second-order valence-corrected chi connectivity index (χ2v) is 6.67. The predicted molar refractivity (Wildman–Crippen MR) is 109 cm³/mol. The van der Waals surface area contributed by atoms with Gasteiger partial charge in [0.1, 0.15) is 11.6 Å². The fourth-order valence-corrected chi connectivity index (χ4v) is 3.40. The Bertz CT molecular complexity index is 962. The molecule has 140 valence electrons. The van der Waals surface area contributed by atoms with Gasteiger partial charge in [-0.2, -0.15) is 0 Å². The third-order valence-electron chi connectivity index (χ3n) is 4.80. The summed E-state index contributed by atoms with van der Waals surface area (Å²) in [5, 5.41) is 10.4. The van der Waals surface area contributed by atoms with Gasteiger partial charge in [-0.25, -0.2) is 4.98 Å². The highest BCUT2D eigenvalue weighted by Gasteiger charge is 2.18. The number of phenolic OH excluding ortho intramolecular Hbond substituents is 1. The summed E-state index contributed by atoms with van der Waals surface area (Å²) in [7, 11) is 0. The highest BCUT2D eigenvalue weighted by atomic mass is 16.3. The van der Waals surface area contributed by atoms with Crippen LogP contribution < -0.4 is 5.56 Å². The lowest BCUT2D eigenvalue weighted by molar-refractivity contribution is 0.476. The number of phenols is 1. The molecular formula is C23H26N2O2. The third kappa shape index (κ3) is 4.11. The SMILES string of the molecule is CCCc1nc(-c2ccccc2O)n(CCc2ccccc2)c(=O)c1CC. The molecule has 0 atom stereocenters. The number of aromatic hydroxyl groups is 1. The first-order valence-corrected chi connectivity index (χ1v) is 9.60. The summed E-state index contributed by atoms with van der Waals surface area (Å²) in [4.78, 5) is 18.1. The number of hydrogen-bond acceptors (Lipinski definition) is 3. The molecule has 0 unspecified atom stereocenters. The number of para-hydroxylation sites is 1. The van der Waals surface area contributed by atoms with Gasteiger partial charge in [0.15, 0.2) is 0 Å². The molecule has 0 aliphatic heterocycles. The van der Waals surface area contributed by atoms with Crippen LogP contribution in [0.4, 0.5) is 0 Å². The molecule has 3 rings (SSSR count). The van der Waals surface area contributed by atoms with Crippen molar-refractivity contribution in [2.45, 2.75) is 46.1 Å². The fourth-order valence-electron chi connectivity index (χ4n) is 3.40. The average Bonchev–Trinajstić information content (AvgIpc) is 2.69. The number of aryl methyl sites for hydroxylation is 2. The van der Waals surface area contributed by atoms with E-state index in [1.807, 2.05) is 37.3 Å². The summed E-state index contributed by atoms with van der Waals surface area (Å²) >= 11 is 0. The molecule has 3 aromatic rings. The minimum atomic E-state index is 0.00475. The standard InChI is InChI=1S/C23H26N2O2/c1-3-10-20-18(4-2)23(27)25(16-15-17-11-6-5-7-12-17)22(24-20)19-13-8-9-14-21(19)26/h5-9,11-14,26H,3-4,10,15-16H2,1-2H3. The summed E-state index contributed by atoms with van der Waals surface area (Å²) < 4.78 is 1.72. The first-order chi connectivity index (χ1) is 13.2. The van der Waals surface area contributed by atoms with Gasteiger partial charge in [-0.3, -0.25) is 9.36 Å². The largest absolute Gasteiger partial charge is 0.507 e. The van der Waals surface area contributed by atoms with Gasteiger partial charge in [0, 0.05) is 12.1 Å². The first-order valence-electron chi connectivity index (χ1n) is 9.60. The quantitative estimate of drug-likeness (QED) is 0.679. The van der Waals surface area contributed by atoms with Crippen molar-refractivity contribution in [1.82, 2.24) is 9.55 Å². The Kier molecular flexibility index (Phi) is 6.07. The zero-order valence-corrected chi connectivity index (χ0v) is 16.0. The molecule has 0 saturated heterocycles. The molecule has 0 spiro atoms. The molecule has 0 fully saturated rings. The molecule has 0 radical (unpaired) electrons. The molecular weight excluding hydrogens is 336 g/mol. The molecule has 4 heteroatoms. The monoisotopic (exact) mass is 362 g/mol. The minimum Gasteiger partial charge on any atom is -0.507 e. The Morgan fingerprint density at radius 2 is 1.67 bits per heavy atom. The van der Waals surface area contributed by atoms with Gasteiger partial charge >= 0.3 is 0 Å². The molecule has 0 bridgehead atoms. The van der Waals surface area contributed by atoms with Crippen LogP contribution in [0.1, 0.15) is 37.1 Å². The summed E-state index contributed by atoms with van der Waals surface area (Å²) in [6.45, 7) is 4.61. The van der Waals surface area contributed by atoms with Crippen molar-refractivity contribution in [2.24, 2.45) is 0 Å². The zero-order valence-electron chi connectivity index (χ0n) is 16.0. The lowest BCUT2D eigenvalue weighted by Crippen LogP contribution is -2.29. The van der Waals surface area contributed by atoms with Crippen molar-refractivity contribution in [1.29, 1.82) is 0 Å². The lowest BCUT2D eigenvalue weighted by atomic mass is 10.1. The van der Waals surface area contributed by atoms with Crippen molar-refractivity contribution in [3.05, 3.63) is 81.8 Å². The number of hydrogen-bond donors (Lipinski definition) is 1. The van der Waals surface area contributed by atoms with Gasteiger partial charge in [0.05, 0.1) is 11.3 Å². The Morgan fingerprint density at radius 1 is 0.963 bits per heavy atom. The summed E-state index contributed by atoms with van der Waals surface area (Å²) in [6, 6.07) is 17.2. The highest BCUT2D eigenvalue weighted by molar-refractivity contribution is 5.64. The zero-order chi connectivity index (χ0) is 19.2.